The Kier molecular flexibility index (Phi) is 6.29. The summed E-state index contributed by atoms with van der Waals surface area (Å²) in [6, 6.07) is 8.85. The van der Waals surface area contributed by atoms with Crippen molar-refractivity contribution in [2.75, 3.05) is 6.61 Å². The SMILES string of the molecule is CCOc1ccc(/C(C)=N\NC(=O)c2cc(Br)ccc2O)cc1[N+](=O)[O-]. The molecule has 0 aliphatic heterocycles. The number of phenols is 1. The zero-order chi connectivity index (χ0) is 19.3. The minimum Gasteiger partial charge on any atom is -0.507 e. The average Bonchev–Trinajstić information content (AvgIpc) is 2.61. The molecule has 0 radical (unpaired) electrons. The van der Waals surface area contributed by atoms with E-state index in [9.17, 15) is 20.0 Å². The third-order valence-electron chi connectivity index (χ3n) is 3.40. The standard InChI is InChI=1S/C17H16BrN3O5/c1-3-26-16-7-4-11(8-14(16)21(24)25)10(2)19-20-17(23)13-9-12(18)5-6-15(13)22/h4-9,22H,3H2,1-2H3,(H,20,23)/b19-10-. The second-order valence-corrected chi connectivity index (χ2v) is 6.09. The molecule has 2 aromatic carbocycles. The van der Waals surface area contributed by atoms with Gasteiger partial charge >= 0.3 is 5.69 Å². The van der Waals surface area contributed by atoms with Crippen LogP contribution >= 0.6 is 15.9 Å². The fourth-order valence-corrected chi connectivity index (χ4v) is 2.47. The Hall–Kier alpha value is -2.94. The van der Waals surface area contributed by atoms with E-state index in [1.165, 1.54) is 24.3 Å². The van der Waals surface area contributed by atoms with E-state index in [0.717, 1.165) is 0 Å². The number of nitrogens with one attached hydrogen (secondary N) is 1. The van der Waals surface area contributed by atoms with E-state index in [0.29, 0.717) is 22.4 Å². The number of hydrazone groups is 1. The normalized spacial score (nSPS) is 11.1. The number of hydrogen-bond donors (Lipinski definition) is 2. The fraction of sp³-hybridized carbons (Fsp3) is 0.176. The first-order chi connectivity index (χ1) is 12.3. The first-order valence-corrected chi connectivity index (χ1v) is 8.37. The number of aromatic hydroxyl groups is 1. The van der Waals surface area contributed by atoms with Gasteiger partial charge in [0.05, 0.1) is 22.8 Å². The number of nitrogens with zero attached hydrogens (tertiary/aromatic N) is 2. The van der Waals surface area contributed by atoms with E-state index in [1.807, 2.05) is 0 Å². The predicted octanol–water partition coefficient (Wildman–Crippen LogP) is 3.62. The summed E-state index contributed by atoms with van der Waals surface area (Å²) in [6.45, 7) is 3.64. The number of nitro benzene ring substituents is 1. The molecule has 0 unspecified atom stereocenters. The lowest BCUT2D eigenvalue weighted by atomic mass is 10.1. The molecular formula is C17H16BrN3O5. The fourth-order valence-electron chi connectivity index (χ4n) is 2.11. The Labute approximate surface area is 157 Å². The molecule has 0 saturated carbocycles. The van der Waals surface area contributed by atoms with Gasteiger partial charge in [-0.3, -0.25) is 14.9 Å². The zero-order valence-electron chi connectivity index (χ0n) is 14.0. The highest BCUT2D eigenvalue weighted by Crippen LogP contribution is 2.28. The second kappa shape index (κ2) is 8.43. The summed E-state index contributed by atoms with van der Waals surface area (Å²) in [5, 5.41) is 24.9. The zero-order valence-corrected chi connectivity index (χ0v) is 15.6. The van der Waals surface area contributed by atoms with Gasteiger partial charge in [-0.05, 0) is 44.2 Å². The first kappa shape index (κ1) is 19.4. The number of hydrogen-bond acceptors (Lipinski definition) is 6. The van der Waals surface area contributed by atoms with Gasteiger partial charge in [0, 0.05) is 16.1 Å². The van der Waals surface area contributed by atoms with Gasteiger partial charge in [-0.15, -0.1) is 0 Å². The third kappa shape index (κ3) is 4.57. The van der Waals surface area contributed by atoms with Gasteiger partial charge in [-0.1, -0.05) is 15.9 Å². The topological polar surface area (TPSA) is 114 Å². The molecule has 0 heterocycles. The average molecular weight is 422 g/mol. The maximum Gasteiger partial charge on any atom is 0.311 e. The van der Waals surface area contributed by atoms with Gasteiger partial charge in [0.1, 0.15) is 5.75 Å². The quantitative estimate of drug-likeness (QED) is 0.419. The van der Waals surface area contributed by atoms with Gasteiger partial charge < -0.3 is 9.84 Å². The van der Waals surface area contributed by atoms with Crippen LogP contribution in [-0.4, -0.2) is 28.3 Å². The lowest BCUT2D eigenvalue weighted by Crippen LogP contribution is -2.19. The van der Waals surface area contributed by atoms with Crippen molar-refractivity contribution in [1.82, 2.24) is 5.43 Å². The highest BCUT2D eigenvalue weighted by Gasteiger charge is 2.17. The molecule has 0 aliphatic rings. The van der Waals surface area contributed by atoms with E-state index in [2.05, 4.69) is 26.5 Å². The highest BCUT2D eigenvalue weighted by atomic mass is 79.9. The minimum atomic E-state index is -0.608. The van der Waals surface area contributed by atoms with Crippen LogP contribution in [0, 0.1) is 10.1 Å². The molecule has 0 aliphatic carbocycles. The number of carbonyl (C=O) groups is 1. The third-order valence-corrected chi connectivity index (χ3v) is 3.89. The number of carbonyl (C=O) groups excluding carboxylic acids is 1. The van der Waals surface area contributed by atoms with Crippen molar-refractivity contribution >= 4 is 33.2 Å². The molecule has 0 fully saturated rings. The number of phenolic OH excluding ortho intramolecular Hbond substituents is 1. The molecule has 26 heavy (non-hydrogen) atoms. The van der Waals surface area contributed by atoms with Crippen LogP contribution in [0.2, 0.25) is 0 Å². The summed E-state index contributed by atoms with van der Waals surface area (Å²) >= 11 is 3.22. The van der Waals surface area contributed by atoms with Crippen molar-refractivity contribution in [3.8, 4) is 11.5 Å². The van der Waals surface area contributed by atoms with Gasteiger partial charge in [0.25, 0.3) is 5.91 Å². The van der Waals surface area contributed by atoms with Crippen molar-refractivity contribution in [1.29, 1.82) is 0 Å². The van der Waals surface area contributed by atoms with Gasteiger partial charge in [0.2, 0.25) is 0 Å². The van der Waals surface area contributed by atoms with Crippen molar-refractivity contribution in [3.05, 3.63) is 62.1 Å². The highest BCUT2D eigenvalue weighted by molar-refractivity contribution is 9.10. The molecule has 0 spiro atoms. The molecule has 0 saturated heterocycles. The molecule has 2 rings (SSSR count). The Morgan fingerprint density at radius 1 is 1.35 bits per heavy atom. The molecule has 1 amide bonds. The summed E-state index contributed by atoms with van der Waals surface area (Å²) in [4.78, 5) is 22.8. The van der Waals surface area contributed by atoms with E-state index >= 15 is 0 Å². The van der Waals surface area contributed by atoms with Crippen molar-refractivity contribution < 1.29 is 19.6 Å². The van der Waals surface area contributed by atoms with Crippen molar-refractivity contribution in [2.24, 2.45) is 5.10 Å². The smallest absolute Gasteiger partial charge is 0.311 e. The molecular weight excluding hydrogens is 406 g/mol. The van der Waals surface area contributed by atoms with Crippen LogP contribution in [0.4, 0.5) is 5.69 Å². The maximum atomic E-state index is 12.1. The number of benzene rings is 2. The summed E-state index contributed by atoms with van der Waals surface area (Å²) in [5.41, 5.74) is 3.00. The maximum absolute atomic E-state index is 12.1. The molecule has 9 heteroatoms. The van der Waals surface area contributed by atoms with Crippen LogP contribution in [0.25, 0.3) is 0 Å². The van der Waals surface area contributed by atoms with Crippen LogP contribution < -0.4 is 10.2 Å². The summed E-state index contributed by atoms with van der Waals surface area (Å²) in [5.74, 6) is -0.629. The molecule has 0 atom stereocenters. The second-order valence-electron chi connectivity index (χ2n) is 5.17. The monoisotopic (exact) mass is 421 g/mol. The Balaban J connectivity index is 2.24. The van der Waals surface area contributed by atoms with E-state index in [-0.39, 0.29) is 22.7 Å². The molecule has 0 aromatic heterocycles. The van der Waals surface area contributed by atoms with Crippen LogP contribution in [-0.2, 0) is 0 Å². The number of rotatable bonds is 6. The molecule has 8 nitrogen and oxygen atoms in total. The van der Waals surface area contributed by atoms with E-state index in [1.54, 1.807) is 26.0 Å². The lowest BCUT2D eigenvalue weighted by molar-refractivity contribution is -0.385. The van der Waals surface area contributed by atoms with Crippen LogP contribution in [0.5, 0.6) is 11.5 Å². The Bertz CT molecular complexity index is 883. The summed E-state index contributed by atoms with van der Waals surface area (Å²) < 4.78 is 5.86. The van der Waals surface area contributed by atoms with E-state index < -0.39 is 10.8 Å². The van der Waals surface area contributed by atoms with E-state index in [4.69, 9.17) is 4.74 Å². The van der Waals surface area contributed by atoms with Gasteiger partial charge in [-0.25, -0.2) is 5.43 Å². The number of ether oxygens (including phenoxy) is 1. The van der Waals surface area contributed by atoms with Gasteiger partial charge in [-0.2, -0.15) is 5.10 Å². The van der Waals surface area contributed by atoms with Crippen LogP contribution in [0.1, 0.15) is 29.8 Å². The van der Waals surface area contributed by atoms with Crippen molar-refractivity contribution in [2.45, 2.75) is 13.8 Å². The van der Waals surface area contributed by atoms with Crippen LogP contribution in [0.15, 0.2) is 46.0 Å². The Morgan fingerprint density at radius 2 is 2.08 bits per heavy atom. The Morgan fingerprint density at radius 3 is 2.73 bits per heavy atom. The summed E-state index contributed by atoms with van der Waals surface area (Å²) in [7, 11) is 0. The predicted molar refractivity (Wildman–Crippen MR) is 99.7 cm³/mol. The molecule has 136 valence electrons. The van der Waals surface area contributed by atoms with Crippen molar-refractivity contribution in [3.63, 3.8) is 0 Å². The van der Waals surface area contributed by atoms with Gasteiger partial charge in [0.15, 0.2) is 5.75 Å². The first-order valence-electron chi connectivity index (χ1n) is 7.58. The molecule has 2 N–H and O–H groups in total. The molecule has 2 aromatic rings. The number of halogens is 1. The number of nitro groups is 1. The summed E-state index contributed by atoms with van der Waals surface area (Å²) in [6.07, 6.45) is 0. The minimum absolute atomic E-state index is 0.0496. The largest absolute Gasteiger partial charge is 0.507 e. The van der Waals surface area contributed by atoms with Crippen LogP contribution in [0.3, 0.4) is 0 Å². The lowest BCUT2D eigenvalue weighted by Gasteiger charge is -2.07. The molecule has 0 bridgehead atoms. The number of amides is 1.